The molecule has 0 radical (unpaired) electrons. The summed E-state index contributed by atoms with van der Waals surface area (Å²) >= 11 is 3.47. The molecule has 1 rings (SSSR count). The molecule has 0 aliphatic heterocycles. The minimum absolute atomic E-state index is 0.285. The SMILES string of the molecule is CC(NCC(C)(C)CN(C)C)c1ccc(Br)cc1. The lowest BCUT2D eigenvalue weighted by atomic mass is 9.92. The fraction of sp³-hybridized carbons (Fsp3) is 0.600. The topological polar surface area (TPSA) is 15.3 Å². The Hall–Kier alpha value is -0.380. The van der Waals surface area contributed by atoms with Gasteiger partial charge in [0.2, 0.25) is 0 Å². The van der Waals surface area contributed by atoms with Crippen molar-refractivity contribution in [2.45, 2.75) is 26.8 Å². The van der Waals surface area contributed by atoms with E-state index in [1.807, 2.05) is 0 Å². The molecular weight excluding hydrogens is 288 g/mol. The fourth-order valence-corrected chi connectivity index (χ4v) is 2.47. The van der Waals surface area contributed by atoms with Gasteiger partial charge in [0.15, 0.2) is 0 Å². The first-order chi connectivity index (χ1) is 8.30. The van der Waals surface area contributed by atoms with Crippen LogP contribution >= 0.6 is 15.9 Å². The second kappa shape index (κ2) is 6.69. The zero-order valence-electron chi connectivity index (χ0n) is 12.1. The molecule has 0 heterocycles. The molecule has 2 nitrogen and oxygen atoms in total. The third-order valence-electron chi connectivity index (χ3n) is 3.00. The summed E-state index contributed by atoms with van der Waals surface area (Å²) in [4.78, 5) is 2.24. The van der Waals surface area contributed by atoms with Crippen LogP contribution in [0.2, 0.25) is 0 Å². The maximum Gasteiger partial charge on any atom is 0.0292 e. The van der Waals surface area contributed by atoms with Crippen molar-refractivity contribution in [1.82, 2.24) is 10.2 Å². The molecular formula is C15H25BrN2. The summed E-state index contributed by atoms with van der Waals surface area (Å²) in [5, 5.41) is 3.62. The van der Waals surface area contributed by atoms with E-state index >= 15 is 0 Å². The van der Waals surface area contributed by atoms with Crippen molar-refractivity contribution >= 4 is 15.9 Å². The van der Waals surface area contributed by atoms with Gasteiger partial charge in [-0.25, -0.2) is 0 Å². The van der Waals surface area contributed by atoms with E-state index in [9.17, 15) is 0 Å². The molecule has 102 valence electrons. The Balaban J connectivity index is 2.50. The van der Waals surface area contributed by atoms with Crippen molar-refractivity contribution in [2.75, 3.05) is 27.2 Å². The van der Waals surface area contributed by atoms with Gasteiger partial charge < -0.3 is 10.2 Å². The second-order valence-electron chi connectivity index (χ2n) is 6.06. The van der Waals surface area contributed by atoms with Gasteiger partial charge in [0.25, 0.3) is 0 Å². The summed E-state index contributed by atoms with van der Waals surface area (Å²) in [5.41, 5.74) is 1.62. The quantitative estimate of drug-likeness (QED) is 0.862. The summed E-state index contributed by atoms with van der Waals surface area (Å²) in [6, 6.07) is 8.91. The standard InChI is InChI=1S/C15H25BrN2/c1-12(13-6-8-14(16)9-7-13)17-10-15(2,3)11-18(4)5/h6-9,12,17H,10-11H2,1-5H3. The highest BCUT2D eigenvalue weighted by Gasteiger charge is 2.19. The molecule has 18 heavy (non-hydrogen) atoms. The van der Waals surface area contributed by atoms with Gasteiger partial charge in [-0.1, -0.05) is 41.9 Å². The average molecular weight is 313 g/mol. The summed E-state index contributed by atoms with van der Waals surface area (Å²) in [5.74, 6) is 0. The highest BCUT2D eigenvalue weighted by Crippen LogP contribution is 2.19. The van der Waals surface area contributed by atoms with Gasteiger partial charge in [0.1, 0.15) is 0 Å². The van der Waals surface area contributed by atoms with E-state index in [2.05, 4.69) is 85.3 Å². The Kier molecular flexibility index (Phi) is 5.83. The third-order valence-corrected chi connectivity index (χ3v) is 3.53. The Morgan fingerprint density at radius 1 is 1.22 bits per heavy atom. The van der Waals surface area contributed by atoms with E-state index in [1.165, 1.54) is 5.56 Å². The summed E-state index contributed by atoms with van der Waals surface area (Å²) < 4.78 is 1.13. The molecule has 0 bridgehead atoms. The summed E-state index contributed by atoms with van der Waals surface area (Å²) in [6.45, 7) is 8.92. The van der Waals surface area contributed by atoms with Crippen molar-refractivity contribution in [3.05, 3.63) is 34.3 Å². The highest BCUT2D eigenvalue weighted by atomic mass is 79.9. The molecule has 0 saturated carbocycles. The number of rotatable bonds is 6. The normalized spacial score (nSPS) is 13.9. The molecule has 0 spiro atoms. The van der Waals surface area contributed by atoms with Gasteiger partial charge in [0, 0.05) is 23.6 Å². The molecule has 0 saturated heterocycles. The Morgan fingerprint density at radius 3 is 2.28 bits per heavy atom. The highest BCUT2D eigenvalue weighted by molar-refractivity contribution is 9.10. The fourth-order valence-electron chi connectivity index (χ4n) is 2.21. The van der Waals surface area contributed by atoms with Crippen molar-refractivity contribution in [3.63, 3.8) is 0 Å². The van der Waals surface area contributed by atoms with Crippen LogP contribution in [0.5, 0.6) is 0 Å². The number of benzene rings is 1. The molecule has 0 aromatic heterocycles. The van der Waals surface area contributed by atoms with E-state index < -0.39 is 0 Å². The molecule has 0 fully saturated rings. The van der Waals surface area contributed by atoms with Crippen molar-refractivity contribution in [2.24, 2.45) is 5.41 Å². The first-order valence-electron chi connectivity index (χ1n) is 6.44. The Morgan fingerprint density at radius 2 is 1.78 bits per heavy atom. The van der Waals surface area contributed by atoms with E-state index in [1.54, 1.807) is 0 Å². The molecule has 1 unspecified atom stereocenters. The van der Waals surface area contributed by atoms with E-state index in [4.69, 9.17) is 0 Å². The first kappa shape index (κ1) is 15.7. The Bertz CT molecular complexity index is 357. The number of hydrogen-bond acceptors (Lipinski definition) is 2. The van der Waals surface area contributed by atoms with Crippen LogP contribution in [0.1, 0.15) is 32.4 Å². The van der Waals surface area contributed by atoms with Gasteiger partial charge in [-0.2, -0.15) is 0 Å². The minimum atomic E-state index is 0.285. The lowest BCUT2D eigenvalue weighted by Gasteiger charge is -2.30. The van der Waals surface area contributed by atoms with Crippen LogP contribution in [-0.2, 0) is 0 Å². The van der Waals surface area contributed by atoms with Gasteiger partial charge in [0.05, 0.1) is 0 Å². The van der Waals surface area contributed by atoms with Crippen molar-refractivity contribution in [1.29, 1.82) is 0 Å². The van der Waals surface area contributed by atoms with Gasteiger partial charge in [-0.05, 0) is 44.1 Å². The second-order valence-corrected chi connectivity index (χ2v) is 6.97. The van der Waals surface area contributed by atoms with Gasteiger partial charge >= 0.3 is 0 Å². The van der Waals surface area contributed by atoms with Crippen LogP contribution in [0.4, 0.5) is 0 Å². The molecule has 0 aliphatic rings. The number of hydrogen-bond donors (Lipinski definition) is 1. The molecule has 3 heteroatoms. The first-order valence-corrected chi connectivity index (χ1v) is 7.23. The maximum atomic E-state index is 3.62. The van der Waals surface area contributed by atoms with Crippen LogP contribution in [0.3, 0.4) is 0 Å². The van der Waals surface area contributed by atoms with Crippen LogP contribution in [0.25, 0.3) is 0 Å². The van der Waals surface area contributed by atoms with E-state index in [-0.39, 0.29) is 5.41 Å². The number of nitrogens with zero attached hydrogens (tertiary/aromatic N) is 1. The van der Waals surface area contributed by atoms with Crippen LogP contribution < -0.4 is 5.32 Å². The molecule has 1 N–H and O–H groups in total. The van der Waals surface area contributed by atoms with Crippen LogP contribution in [0.15, 0.2) is 28.7 Å². The predicted molar refractivity (Wildman–Crippen MR) is 82.9 cm³/mol. The predicted octanol–water partition coefficient (Wildman–Crippen LogP) is 3.69. The molecule has 0 amide bonds. The lowest BCUT2D eigenvalue weighted by Crippen LogP contribution is -2.38. The van der Waals surface area contributed by atoms with Gasteiger partial charge in [-0.15, -0.1) is 0 Å². The third kappa shape index (κ3) is 5.51. The Labute approximate surface area is 120 Å². The van der Waals surface area contributed by atoms with Gasteiger partial charge in [-0.3, -0.25) is 0 Å². The largest absolute Gasteiger partial charge is 0.310 e. The van der Waals surface area contributed by atoms with E-state index in [0.29, 0.717) is 6.04 Å². The average Bonchev–Trinajstić information content (AvgIpc) is 2.25. The minimum Gasteiger partial charge on any atom is -0.310 e. The van der Waals surface area contributed by atoms with Crippen LogP contribution in [0, 0.1) is 5.41 Å². The summed E-state index contributed by atoms with van der Waals surface area (Å²) in [7, 11) is 4.25. The van der Waals surface area contributed by atoms with Crippen molar-refractivity contribution < 1.29 is 0 Å². The maximum absolute atomic E-state index is 3.62. The molecule has 1 atom stereocenters. The molecule has 1 aromatic rings. The lowest BCUT2D eigenvalue weighted by molar-refractivity contribution is 0.227. The van der Waals surface area contributed by atoms with E-state index in [0.717, 1.165) is 17.6 Å². The monoisotopic (exact) mass is 312 g/mol. The molecule has 0 aliphatic carbocycles. The zero-order valence-corrected chi connectivity index (χ0v) is 13.7. The number of halogens is 1. The van der Waals surface area contributed by atoms with Crippen LogP contribution in [-0.4, -0.2) is 32.1 Å². The number of nitrogens with one attached hydrogen (secondary N) is 1. The summed E-state index contributed by atoms with van der Waals surface area (Å²) in [6.07, 6.45) is 0. The molecule has 1 aromatic carbocycles. The zero-order chi connectivity index (χ0) is 13.8. The smallest absolute Gasteiger partial charge is 0.0292 e. The van der Waals surface area contributed by atoms with Crippen molar-refractivity contribution in [3.8, 4) is 0 Å².